The molecule has 0 fully saturated rings. The van der Waals surface area contributed by atoms with Crippen LogP contribution in [0.1, 0.15) is 44.5 Å². The highest BCUT2D eigenvalue weighted by atomic mass is 16.5. The van der Waals surface area contributed by atoms with E-state index in [2.05, 4.69) is 289 Å². The highest BCUT2D eigenvalue weighted by Crippen LogP contribution is 2.66. The van der Waals surface area contributed by atoms with E-state index in [1.807, 2.05) is 0 Å². The third-order valence-electron chi connectivity index (χ3n) is 17.3. The van der Waals surface area contributed by atoms with Crippen LogP contribution in [0.25, 0.3) is 60.9 Å². The van der Waals surface area contributed by atoms with E-state index in [1.165, 1.54) is 71.9 Å². The Labute approximate surface area is 451 Å². The molecule has 4 aliphatic rings. The van der Waals surface area contributed by atoms with Crippen LogP contribution >= 0.6 is 0 Å². The molecule has 4 nitrogen and oxygen atoms in total. The fourth-order valence-corrected chi connectivity index (χ4v) is 14.3. The molecule has 3 heterocycles. The van der Waals surface area contributed by atoms with Crippen molar-refractivity contribution >= 4 is 38.9 Å². The molecule has 12 aromatic carbocycles. The molecule has 0 N–H and O–H groups in total. The summed E-state index contributed by atoms with van der Waals surface area (Å²) >= 11 is 0. The number of anilines is 3. The molecule has 1 aromatic heterocycles. The summed E-state index contributed by atoms with van der Waals surface area (Å²) in [6, 6.07) is 102. The fraction of sp³-hybridized carbons (Fsp3) is 0.0270. The van der Waals surface area contributed by atoms with E-state index < -0.39 is 10.8 Å². The molecule has 0 bridgehead atoms. The average molecular weight is 995 g/mol. The van der Waals surface area contributed by atoms with Crippen molar-refractivity contribution in [1.82, 2.24) is 4.57 Å². The third-order valence-corrected chi connectivity index (χ3v) is 17.3. The molecule has 2 aliphatic heterocycles. The maximum absolute atomic E-state index is 6.77. The van der Waals surface area contributed by atoms with Gasteiger partial charge >= 0.3 is 0 Å². The van der Waals surface area contributed by atoms with Gasteiger partial charge in [0.1, 0.15) is 23.0 Å². The number of ether oxygens (including phenoxy) is 2. The van der Waals surface area contributed by atoms with Crippen LogP contribution in [0.2, 0.25) is 0 Å². The van der Waals surface area contributed by atoms with Crippen LogP contribution in [0.4, 0.5) is 17.1 Å². The zero-order valence-electron chi connectivity index (χ0n) is 42.3. The summed E-state index contributed by atoms with van der Waals surface area (Å²) < 4.78 is 15.9. The second-order valence-electron chi connectivity index (χ2n) is 21.0. The molecule has 0 saturated carbocycles. The molecular weight excluding hydrogens is 949 g/mol. The maximum atomic E-state index is 6.77. The summed E-state index contributed by atoms with van der Waals surface area (Å²) in [4.78, 5) is 2.51. The summed E-state index contributed by atoms with van der Waals surface area (Å²) in [5.74, 6) is 3.52. The van der Waals surface area contributed by atoms with Gasteiger partial charge in [-0.25, -0.2) is 0 Å². The lowest BCUT2D eigenvalue weighted by atomic mass is 9.66. The van der Waals surface area contributed by atoms with Crippen LogP contribution < -0.4 is 14.4 Å². The average Bonchev–Trinajstić information content (AvgIpc) is 4.29. The predicted molar refractivity (Wildman–Crippen MR) is 316 cm³/mol. The van der Waals surface area contributed by atoms with Crippen molar-refractivity contribution < 1.29 is 9.47 Å². The second-order valence-corrected chi connectivity index (χ2v) is 21.0. The van der Waals surface area contributed by atoms with Gasteiger partial charge in [-0.15, -0.1) is 0 Å². The number of hydrogen-bond donors (Lipinski definition) is 0. The van der Waals surface area contributed by atoms with Gasteiger partial charge in [0.05, 0.1) is 27.6 Å². The summed E-state index contributed by atoms with van der Waals surface area (Å²) in [6.07, 6.45) is 0. The molecule has 78 heavy (non-hydrogen) atoms. The van der Waals surface area contributed by atoms with Crippen LogP contribution in [0, 0.1) is 0 Å². The van der Waals surface area contributed by atoms with Gasteiger partial charge in [0, 0.05) is 55.7 Å². The standard InChI is InChI=1S/C74H46N2O2/c1-2-19-49(20-3-1)76-65-31-13-6-22-53(65)56-45-48(39-44-66(56)76)47-37-40-50(41-38-47)75(51-42-43-59-55(46-51)52-21-4-7-24-57(52)73(59)60-26-9-14-33-68(60)77-69-34-15-10-27-61(69)73)67-32-18-30-64-72(67)54-23-5-8-25-58(54)74(64)62-28-11-16-35-70(62)78-71-36-17-12-29-63(71)74/h1-46H. The normalized spacial score (nSPS) is 14.1. The number of benzene rings is 12. The molecule has 0 unspecified atom stereocenters. The number of hydrogen-bond acceptors (Lipinski definition) is 3. The predicted octanol–water partition coefficient (Wildman–Crippen LogP) is 18.9. The monoisotopic (exact) mass is 994 g/mol. The molecule has 2 aliphatic carbocycles. The lowest BCUT2D eigenvalue weighted by molar-refractivity contribution is 0.436. The molecule has 0 saturated heterocycles. The Bertz CT molecular complexity index is 4550. The van der Waals surface area contributed by atoms with Crippen LogP contribution in [0.5, 0.6) is 23.0 Å². The van der Waals surface area contributed by atoms with Gasteiger partial charge in [-0.2, -0.15) is 0 Å². The quantitative estimate of drug-likeness (QED) is 0.172. The first-order chi connectivity index (χ1) is 38.7. The third kappa shape index (κ3) is 5.68. The summed E-state index contributed by atoms with van der Waals surface area (Å²) in [5.41, 5.74) is 22.3. The molecule has 4 heteroatoms. The Morgan fingerprint density at radius 3 is 1.42 bits per heavy atom. The number of nitrogens with zero attached hydrogens (tertiary/aromatic N) is 2. The van der Waals surface area contributed by atoms with E-state index in [0.29, 0.717) is 0 Å². The molecule has 17 rings (SSSR count). The highest BCUT2D eigenvalue weighted by molar-refractivity contribution is 6.10. The van der Waals surface area contributed by atoms with Crippen LogP contribution in [0.3, 0.4) is 0 Å². The van der Waals surface area contributed by atoms with E-state index in [1.54, 1.807) is 0 Å². The van der Waals surface area contributed by atoms with Crippen LogP contribution in [-0.4, -0.2) is 4.57 Å². The maximum Gasteiger partial charge on any atom is 0.132 e. The van der Waals surface area contributed by atoms with E-state index >= 15 is 0 Å². The fourth-order valence-electron chi connectivity index (χ4n) is 14.3. The summed E-state index contributed by atoms with van der Waals surface area (Å²) in [6.45, 7) is 0. The minimum absolute atomic E-state index is 0.583. The molecule has 0 radical (unpaired) electrons. The Morgan fingerprint density at radius 1 is 0.295 bits per heavy atom. The van der Waals surface area contributed by atoms with Crippen LogP contribution in [-0.2, 0) is 10.8 Å². The lowest BCUT2D eigenvalue weighted by Crippen LogP contribution is -2.32. The van der Waals surface area contributed by atoms with E-state index in [-0.39, 0.29) is 0 Å². The topological polar surface area (TPSA) is 26.6 Å². The number of aromatic nitrogens is 1. The van der Waals surface area contributed by atoms with Crippen molar-refractivity contribution in [3.8, 4) is 62.1 Å². The molecule has 0 amide bonds. The smallest absolute Gasteiger partial charge is 0.132 e. The second kappa shape index (κ2) is 16.2. The Balaban J connectivity index is 0.898. The largest absolute Gasteiger partial charge is 0.457 e. The summed E-state index contributed by atoms with van der Waals surface area (Å²) in [7, 11) is 0. The Hall–Kier alpha value is -10.2. The first-order valence-corrected chi connectivity index (χ1v) is 26.9. The SMILES string of the molecule is c1ccc(-n2c3ccccc3c3cc(-c4ccc(N(c5ccc6c(c5)-c5ccccc5C65c6ccccc6Oc6ccccc65)c5cccc6c5-c5ccccc5C65c6ccccc6Oc6ccccc65)cc4)ccc32)cc1. The van der Waals surface area contributed by atoms with E-state index in [4.69, 9.17) is 9.47 Å². The Morgan fingerprint density at radius 2 is 0.769 bits per heavy atom. The van der Waals surface area contributed by atoms with Gasteiger partial charge in [-0.3, -0.25) is 0 Å². The van der Waals surface area contributed by atoms with Gasteiger partial charge in [0.15, 0.2) is 0 Å². The van der Waals surface area contributed by atoms with Crippen molar-refractivity contribution in [3.63, 3.8) is 0 Å². The molecule has 13 aromatic rings. The number of fused-ring (bicyclic) bond motifs is 21. The first-order valence-electron chi connectivity index (χ1n) is 26.9. The molecule has 2 spiro atoms. The molecule has 0 atom stereocenters. The number of para-hydroxylation sites is 6. The minimum atomic E-state index is -0.627. The minimum Gasteiger partial charge on any atom is -0.457 e. The van der Waals surface area contributed by atoms with Gasteiger partial charge < -0.3 is 18.9 Å². The van der Waals surface area contributed by atoms with Crippen LogP contribution in [0.15, 0.2) is 279 Å². The van der Waals surface area contributed by atoms with Gasteiger partial charge in [-0.1, -0.05) is 194 Å². The van der Waals surface area contributed by atoms with Gasteiger partial charge in [0.2, 0.25) is 0 Å². The first kappa shape index (κ1) is 43.1. The summed E-state index contributed by atoms with van der Waals surface area (Å²) in [5, 5.41) is 2.46. The van der Waals surface area contributed by atoms with Gasteiger partial charge in [0.25, 0.3) is 0 Å². The van der Waals surface area contributed by atoms with Gasteiger partial charge in [-0.05, 0) is 135 Å². The highest BCUT2D eigenvalue weighted by Gasteiger charge is 2.53. The van der Waals surface area contributed by atoms with Crippen molar-refractivity contribution in [2.24, 2.45) is 0 Å². The molecule has 364 valence electrons. The molecular formula is C74H46N2O2. The lowest BCUT2D eigenvalue weighted by Gasteiger charge is -2.39. The van der Waals surface area contributed by atoms with E-state index in [0.717, 1.165) is 73.6 Å². The van der Waals surface area contributed by atoms with Crippen molar-refractivity contribution in [2.45, 2.75) is 10.8 Å². The van der Waals surface area contributed by atoms with Crippen molar-refractivity contribution in [1.29, 1.82) is 0 Å². The Kier molecular flexibility index (Phi) is 8.94. The van der Waals surface area contributed by atoms with Crippen molar-refractivity contribution in [2.75, 3.05) is 4.90 Å². The van der Waals surface area contributed by atoms with E-state index in [9.17, 15) is 0 Å². The van der Waals surface area contributed by atoms with Crippen molar-refractivity contribution in [3.05, 3.63) is 324 Å². The number of rotatable bonds is 5. The zero-order valence-corrected chi connectivity index (χ0v) is 42.3. The zero-order chi connectivity index (χ0) is 51.1.